The minimum atomic E-state index is -0.168. The average molecular weight is 224 g/mol. The molecule has 0 unspecified atom stereocenters. The first kappa shape index (κ1) is 13.0. The van der Waals surface area contributed by atoms with Gasteiger partial charge in [-0.05, 0) is 36.7 Å². The average Bonchev–Trinajstić information content (AvgIpc) is 2.16. The predicted octanol–water partition coefficient (Wildman–Crippen LogP) is 2.64. The van der Waals surface area contributed by atoms with Crippen LogP contribution < -0.4 is 10.2 Å². The fraction of sp³-hybridized carbons (Fsp3) is 0.538. The van der Waals surface area contributed by atoms with Crippen LogP contribution in [0.15, 0.2) is 18.2 Å². The number of anilines is 1. The molecule has 0 bridgehead atoms. The van der Waals surface area contributed by atoms with Crippen molar-refractivity contribution in [1.29, 1.82) is 0 Å². The highest BCUT2D eigenvalue weighted by Crippen LogP contribution is 2.18. The summed E-state index contributed by atoms with van der Waals surface area (Å²) in [6, 6.07) is 5.19. The van der Waals surface area contributed by atoms with E-state index in [0.29, 0.717) is 12.5 Å². The molecular weight excluding hydrogens is 203 g/mol. The number of hydrogen-bond donors (Lipinski definition) is 1. The van der Waals surface area contributed by atoms with E-state index in [4.69, 9.17) is 0 Å². The zero-order valence-corrected chi connectivity index (χ0v) is 10.5. The highest BCUT2D eigenvalue weighted by Gasteiger charge is 2.06. The van der Waals surface area contributed by atoms with Crippen LogP contribution >= 0.6 is 0 Å². The van der Waals surface area contributed by atoms with E-state index in [0.717, 1.165) is 17.8 Å². The lowest BCUT2D eigenvalue weighted by atomic mass is 10.1. The van der Waals surface area contributed by atoms with E-state index in [2.05, 4.69) is 24.1 Å². The molecule has 1 rings (SSSR count). The summed E-state index contributed by atoms with van der Waals surface area (Å²) >= 11 is 0. The van der Waals surface area contributed by atoms with Crippen LogP contribution in [0, 0.1) is 11.7 Å². The molecule has 0 aromatic heterocycles. The SMILES string of the molecule is CNCc1cc(F)cc(N(C)CC(C)C)c1. The molecule has 0 aliphatic rings. The minimum Gasteiger partial charge on any atom is -0.374 e. The third-order valence-electron chi connectivity index (χ3n) is 2.40. The first-order chi connectivity index (χ1) is 7.52. The number of halogens is 1. The summed E-state index contributed by atoms with van der Waals surface area (Å²) < 4.78 is 13.4. The molecule has 0 radical (unpaired) electrons. The van der Waals surface area contributed by atoms with Gasteiger partial charge in [0.05, 0.1) is 0 Å². The molecule has 90 valence electrons. The van der Waals surface area contributed by atoms with Gasteiger partial charge in [-0.25, -0.2) is 4.39 Å². The number of nitrogens with zero attached hydrogens (tertiary/aromatic N) is 1. The van der Waals surface area contributed by atoms with Crippen LogP contribution in [-0.2, 0) is 6.54 Å². The van der Waals surface area contributed by atoms with Crippen LogP contribution in [0.3, 0.4) is 0 Å². The molecule has 0 saturated heterocycles. The Morgan fingerprint density at radius 2 is 2.00 bits per heavy atom. The monoisotopic (exact) mass is 224 g/mol. The quantitative estimate of drug-likeness (QED) is 0.827. The molecule has 16 heavy (non-hydrogen) atoms. The van der Waals surface area contributed by atoms with Gasteiger partial charge in [-0.3, -0.25) is 0 Å². The van der Waals surface area contributed by atoms with E-state index in [1.807, 2.05) is 20.2 Å². The Bertz CT molecular complexity index is 337. The van der Waals surface area contributed by atoms with Crippen molar-refractivity contribution in [2.24, 2.45) is 5.92 Å². The third kappa shape index (κ3) is 3.81. The number of hydrogen-bond acceptors (Lipinski definition) is 2. The maximum Gasteiger partial charge on any atom is 0.125 e. The van der Waals surface area contributed by atoms with Crippen molar-refractivity contribution in [2.75, 3.05) is 25.5 Å². The molecule has 1 N–H and O–H groups in total. The summed E-state index contributed by atoms with van der Waals surface area (Å²) in [5.41, 5.74) is 1.92. The largest absolute Gasteiger partial charge is 0.374 e. The summed E-state index contributed by atoms with van der Waals surface area (Å²) in [5, 5.41) is 3.03. The number of rotatable bonds is 5. The molecular formula is C13H21FN2. The molecule has 0 aliphatic heterocycles. The lowest BCUT2D eigenvalue weighted by Crippen LogP contribution is -2.22. The second kappa shape index (κ2) is 5.85. The highest BCUT2D eigenvalue weighted by molar-refractivity contribution is 5.48. The van der Waals surface area contributed by atoms with Crippen molar-refractivity contribution >= 4 is 5.69 Å². The second-order valence-corrected chi connectivity index (χ2v) is 4.62. The second-order valence-electron chi connectivity index (χ2n) is 4.62. The molecule has 0 spiro atoms. The van der Waals surface area contributed by atoms with Crippen LogP contribution in [0.2, 0.25) is 0 Å². The number of nitrogens with one attached hydrogen (secondary N) is 1. The summed E-state index contributed by atoms with van der Waals surface area (Å²) in [6.45, 7) is 5.94. The van der Waals surface area contributed by atoms with Crippen molar-refractivity contribution in [3.63, 3.8) is 0 Å². The van der Waals surface area contributed by atoms with Gasteiger partial charge in [0, 0.05) is 25.8 Å². The first-order valence-corrected chi connectivity index (χ1v) is 5.68. The molecule has 0 saturated carbocycles. The van der Waals surface area contributed by atoms with Crippen molar-refractivity contribution in [2.45, 2.75) is 20.4 Å². The fourth-order valence-electron chi connectivity index (χ4n) is 1.81. The van der Waals surface area contributed by atoms with E-state index in [1.54, 1.807) is 12.1 Å². The van der Waals surface area contributed by atoms with Gasteiger partial charge >= 0.3 is 0 Å². The van der Waals surface area contributed by atoms with Crippen LogP contribution in [0.25, 0.3) is 0 Å². The summed E-state index contributed by atoms with van der Waals surface area (Å²) in [6.07, 6.45) is 0. The zero-order chi connectivity index (χ0) is 12.1. The molecule has 1 aromatic carbocycles. The van der Waals surface area contributed by atoms with Gasteiger partial charge in [-0.15, -0.1) is 0 Å². The summed E-state index contributed by atoms with van der Waals surface area (Å²) in [7, 11) is 3.86. The highest BCUT2D eigenvalue weighted by atomic mass is 19.1. The topological polar surface area (TPSA) is 15.3 Å². The summed E-state index contributed by atoms with van der Waals surface area (Å²) in [5.74, 6) is 0.402. The van der Waals surface area contributed by atoms with Crippen molar-refractivity contribution in [3.8, 4) is 0 Å². The maximum atomic E-state index is 13.4. The predicted molar refractivity (Wildman–Crippen MR) is 67.3 cm³/mol. The lowest BCUT2D eigenvalue weighted by Gasteiger charge is -2.22. The third-order valence-corrected chi connectivity index (χ3v) is 2.40. The van der Waals surface area contributed by atoms with E-state index < -0.39 is 0 Å². The van der Waals surface area contributed by atoms with Gasteiger partial charge in [-0.1, -0.05) is 13.8 Å². The Morgan fingerprint density at radius 3 is 2.56 bits per heavy atom. The molecule has 0 heterocycles. The van der Waals surface area contributed by atoms with E-state index in [-0.39, 0.29) is 5.82 Å². The van der Waals surface area contributed by atoms with Crippen LogP contribution in [0.1, 0.15) is 19.4 Å². The van der Waals surface area contributed by atoms with E-state index >= 15 is 0 Å². The Morgan fingerprint density at radius 1 is 1.31 bits per heavy atom. The normalized spacial score (nSPS) is 10.9. The van der Waals surface area contributed by atoms with Crippen molar-refractivity contribution < 1.29 is 4.39 Å². The smallest absolute Gasteiger partial charge is 0.125 e. The first-order valence-electron chi connectivity index (χ1n) is 5.68. The Hall–Kier alpha value is -1.09. The van der Waals surface area contributed by atoms with Gasteiger partial charge in [0.1, 0.15) is 5.82 Å². The van der Waals surface area contributed by atoms with Gasteiger partial charge in [0.2, 0.25) is 0 Å². The maximum absolute atomic E-state index is 13.4. The molecule has 2 nitrogen and oxygen atoms in total. The van der Waals surface area contributed by atoms with Crippen molar-refractivity contribution in [1.82, 2.24) is 5.32 Å². The zero-order valence-electron chi connectivity index (χ0n) is 10.5. The molecule has 0 aliphatic carbocycles. The van der Waals surface area contributed by atoms with Gasteiger partial charge in [0.25, 0.3) is 0 Å². The molecule has 0 atom stereocenters. The van der Waals surface area contributed by atoms with Crippen LogP contribution in [-0.4, -0.2) is 20.6 Å². The van der Waals surface area contributed by atoms with E-state index in [1.165, 1.54) is 0 Å². The van der Waals surface area contributed by atoms with Gasteiger partial charge in [-0.2, -0.15) is 0 Å². The minimum absolute atomic E-state index is 0.168. The fourth-order valence-corrected chi connectivity index (χ4v) is 1.81. The molecule has 3 heteroatoms. The Kier molecular flexibility index (Phi) is 4.74. The Labute approximate surface area is 97.5 Å². The van der Waals surface area contributed by atoms with Gasteiger partial charge in [0.15, 0.2) is 0 Å². The number of benzene rings is 1. The molecule has 0 fully saturated rings. The lowest BCUT2D eigenvalue weighted by molar-refractivity contribution is 0.615. The molecule has 0 amide bonds. The van der Waals surface area contributed by atoms with Crippen LogP contribution in [0.4, 0.5) is 10.1 Å². The van der Waals surface area contributed by atoms with Gasteiger partial charge < -0.3 is 10.2 Å². The summed E-state index contributed by atoms with van der Waals surface area (Å²) in [4.78, 5) is 2.09. The standard InChI is InChI=1S/C13H21FN2/c1-10(2)9-16(4)13-6-11(8-15-3)5-12(14)7-13/h5-7,10,15H,8-9H2,1-4H3. The van der Waals surface area contributed by atoms with Crippen LogP contribution in [0.5, 0.6) is 0 Å². The Balaban J connectivity index is 2.86. The van der Waals surface area contributed by atoms with Crippen molar-refractivity contribution in [3.05, 3.63) is 29.6 Å². The molecule has 1 aromatic rings. The van der Waals surface area contributed by atoms with E-state index in [9.17, 15) is 4.39 Å².